The van der Waals surface area contributed by atoms with Crippen LogP contribution >= 0.6 is 0 Å². The van der Waals surface area contributed by atoms with Crippen LogP contribution in [0, 0.1) is 17.6 Å². The van der Waals surface area contributed by atoms with Crippen molar-refractivity contribution in [3.63, 3.8) is 0 Å². The third-order valence-corrected chi connectivity index (χ3v) is 5.39. The Balaban J connectivity index is 1.48. The molecule has 3 aliphatic rings. The van der Waals surface area contributed by atoms with Crippen LogP contribution in [0.15, 0.2) is 18.2 Å². The quantitative estimate of drug-likeness (QED) is 0.812. The molecule has 3 fully saturated rings. The maximum Gasteiger partial charge on any atom is 0.226 e. The number of likely N-dealkylation sites (tertiary alicyclic amines) is 1. The first-order valence-corrected chi connectivity index (χ1v) is 7.37. The molecule has 1 heterocycles. The van der Waals surface area contributed by atoms with E-state index >= 15 is 0 Å². The third-order valence-electron chi connectivity index (χ3n) is 5.39. The maximum absolute atomic E-state index is 13.7. The minimum Gasteiger partial charge on any atom is -0.337 e. The Kier molecular flexibility index (Phi) is 2.48. The Morgan fingerprint density at radius 2 is 2.05 bits per heavy atom. The number of halogens is 2. The lowest BCUT2D eigenvalue weighted by molar-refractivity contribution is -0.157. The molecular weight excluding hydrogens is 260 g/mol. The van der Waals surface area contributed by atoms with Crippen LogP contribution in [0.3, 0.4) is 0 Å². The molecule has 1 aromatic carbocycles. The van der Waals surface area contributed by atoms with E-state index in [0.717, 1.165) is 31.9 Å². The predicted octanol–water partition coefficient (Wildman–Crippen LogP) is 3.22. The van der Waals surface area contributed by atoms with Gasteiger partial charge < -0.3 is 4.90 Å². The Hall–Kier alpha value is -1.45. The minimum atomic E-state index is -0.564. The van der Waals surface area contributed by atoms with E-state index in [1.165, 1.54) is 18.6 Å². The molecule has 0 radical (unpaired) electrons. The van der Waals surface area contributed by atoms with Crippen molar-refractivity contribution in [3.8, 4) is 0 Å². The van der Waals surface area contributed by atoms with Gasteiger partial charge in [-0.3, -0.25) is 4.79 Å². The molecule has 1 amide bonds. The largest absolute Gasteiger partial charge is 0.337 e. The van der Waals surface area contributed by atoms with Crippen LogP contribution < -0.4 is 0 Å². The number of carbonyl (C=O) groups excluding carboxylic acids is 1. The highest BCUT2D eigenvalue weighted by molar-refractivity contribution is 5.84. The van der Waals surface area contributed by atoms with Gasteiger partial charge in [0.05, 0.1) is 0 Å². The second kappa shape index (κ2) is 4.03. The Labute approximate surface area is 116 Å². The highest BCUT2D eigenvalue weighted by Gasteiger charge is 2.56. The van der Waals surface area contributed by atoms with Gasteiger partial charge in [0, 0.05) is 24.1 Å². The summed E-state index contributed by atoms with van der Waals surface area (Å²) in [5.74, 6) is -1.04. The van der Waals surface area contributed by atoms with E-state index in [1.807, 2.05) is 4.90 Å². The number of hydrogen-bond acceptors (Lipinski definition) is 1. The van der Waals surface area contributed by atoms with Crippen LogP contribution in [-0.4, -0.2) is 22.9 Å². The molecule has 1 aromatic rings. The molecule has 1 spiro atoms. The molecule has 2 unspecified atom stereocenters. The van der Waals surface area contributed by atoms with Gasteiger partial charge in [-0.25, -0.2) is 8.78 Å². The lowest BCUT2D eigenvalue weighted by atomic mass is 9.67. The van der Waals surface area contributed by atoms with E-state index in [1.54, 1.807) is 0 Å². The van der Waals surface area contributed by atoms with E-state index in [2.05, 4.69) is 0 Å². The highest BCUT2D eigenvalue weighted by atomic mass is 19.1. The molecule has 106 valence electrons. The van der Waals surface area contributed by atoms with Crippen molar-refractivity contribution < 1.29 is 13.6 Å². The maximum atomic E-state index is 13.7. The molecular formula is C16H17F2NO. The number of nitrogens with zero attached hydrogens (tertiary/aromatic N) is 1. The first kappa shape index (κ1) is 12.3. The smallest absolute Gasteiger partial charge is 0.226 e. The zero-order chi connectivity index (χ0) is 13.9. The molecule has 0 N–H and O–H groups in total. The van der Waals surface area contributed by atoms with Crippen molar-refractivity contribution in [1.29, 1.82) is 0 Å². The first-order chi connectivity index (χ1) is 9.61. The summed E-state index contributed by atoms with van der Waals surface area (Å²) in [6, 6.07) is 3.67. The van der Waals surface area contributed by atoms with Crippen LogP contribution in [0.5, 0.6) is 0 Å². The average molecular weight is 277 g/mol. The molecule has 2 saturated carbocycles. The summed E-state index contributed by atoms with van der Waals surface area (Å²) in [5.41, 5.74) is 0.652. The summed E-state index contributed by atoms with van der Waals surface area (Å²) in [6.07, 6.45) is 5.29. The monoisotopic (exact) mass is 277 g/mol. The molecule has 0 aromatic heterocycles. The fourth-order valence-corrected chi connectivity index (χ4v) is 3.80. The molecule has 2 nitrogen and oxygen atoms in total. The third kappa shape index (κ3) is 1.63. The van der Waals surface area contributed by atoms with Crippen LogP contribution in [0.25, 0.3) is 0 Å². The zero-order valence-corrected chi connectivity index (χ0v) is 11.2. The fraction of sp³-hybridized carbons (Fsp3) is 0.562. The number of amides is 1. The first-order valence-electron chi connectivity index (χ1n) is 7.37. The standard InChI is InChI=1S/C16H17F2NO/c17-10-2-3-11(14(18)8-10)12-9-13(12)15(20)19-7-6-16(19)4-1-5-16/h2-3,8,12-13H,1,4-7,9H2. The second-order valence-electron chi connectivity index (χ2n) is 6.43. The normalized spacial score (nSPS) is 29.8. The van der Waals surface area contributed by atoms with Crippen LogP contribution in [0.4, 0.5) is 8.78 Å². The molecule has 1 saturated heterocycles. The van der Waals surface area contributed by atoms with E-state index in [-0.39, 0.29) is 23.3 Å². The van der Waals surface area contributed by atoms with Crippen LogP contribution in [0.2, 0.25) is 0 Å². The lowest BCUT2D eigenvalue weighted by Crippen LogP contribution is -2.66. The van der Waals surface area contributed by atoms with Crippen molar-refractivity contribution >= 4 is 5.91 Å². The summed E-state index contributed by atoms with van der Waals surface area (Å²) in [5, 5.41) is 0. The van der Waals surface area contributed by atoms with E-state index in [9.17, 15) is 13.6 Å². The predicted molar refractivity (Wildman–Crippen MR) is 70.1 cm³/mol. The van der Waals surface area contributed by atoms with E-state index in [4.69, 9.17) is 0 Å². The van der Waals surface area contributed by atoms with Gasteiger partial charge in [-0.15, -0.1) is 0 Å². The number of carbonyl (C=O) groups is 1. The van der Waals surface area contributed by atoms with Crippen molar-refractivity contribution in [2.45, 2.75) is 43.6 Å². The van der Waals surface area contributed by atoms with Crippen LogP contribution in [0.1, 0.15) is 43.6 Å². The zero-order valence-electron chi connectivity index (χ0n) is 11.2. The van der Waals surface area contributed by atoms with Gasteiger partial charge in [0.15, 0.2) is 0 Å². The van der Waals surface area contributed by atoms with E-state index in [0.29, 0.717) is 12.0 Å². The topological polar surface area (TPSA) is 20.3 Å². The molecule has 4 heteroatoms. The molecule has 0 bridgehead atoms. The molecule has 4 rings (SSSR count). The van der Waals surface area contributed by atoms with Crippen molar-refractivity contribution in [2.75, 3.05) is 6.54 Å². The number of rotatable bonds is 2. The Morgan fingerprint density at radius 1 is 1.25 bits per heavy atom. The Bertz CT molecular complexity index is 576. The lowest BCUT2D eigenvalue weighted by Gasteiger charge is -2.58. The summed E-state index contributed by atoms with van der Waals surface area (Å²) < 4.78 is 26.7. The number of hydrogen-bond donors (Lipinski definition) is 0. The summed E-state index contributed by atoms with van der Waals surface area (Å²) in [4.78, 5) is 14.5. The van der Waals surface area contributed by atoms with Crippen molar-refractivity contribution in [1.82, 2.24) is 4.90 Å². The summed E-state index contributed by atoms with van der Waals surface area (Å²) >= 11 is 0. The van der Waals surface area contributed by atoms with Gasteiger partial charge in [-0.2, -0.15) is 0 Å². The summed E-state index contributed by atoms with van der Waals surface area (Å²) in [6.45, 7) is 0.855. The van der Waals surface area contributed by atoms with Gasteiger partial charge in [-0.05, 0) is 49.7 Å². The van der Waals surface area contributed by atoms with Gasteiger partial charge in [0.25, 0.3) is 0 Å². The second-order valence-corrected chi connectivity index (χ2v) is 6.43. The van der Waals surface area contributed by atoms with Crippen molar-refractivity contribution in [2.24, 2.45) is 5.92 Å². The molecule has 20 heavy (non-hydrogen) atoms. The molecule has 2 aliphatic carbocycles. The SMILES string of the molecule is O=C(C1CC1c1ccc(F)cc1F)N1CCC12CCC2. The molecule has 1 aliphatic heterocycles. The van der Waals surface area contributed by atoms with Gasteiger partial charge >= 0.3 is 0 Å². The Morgan fingerprint density at radius 3 is 2.60 bits per heavy atom. The van der Waals surface area contributed by atoms with Gasteiger partial charge in [0.1, 0.15) is 11.6 Å². The number of benzene rings is 1. The van der Waals surface area contributed by atoms with Crippen LogP contribution in [-0.2, 0) is 4.79 Å². The molecule has 2 atom stereocenters. The van der Waals surface area contributed by atoms with Gasteiger partial charge in [0.2, 0.25) is 5.91 Å². The van der Waals surface area contributed by atoms with Crippen molar-refractivity contribution in [3.05, 3.63) is 35.4 Å². The minimum absolute atomic E-state index is 0.0548. The average Bonchev–Trinajstić information content (AvgIpc) is 3.05. The summed E-state index contributed by atoms with van der Waals surface area (Å²) in [7, 11) is 0. The highest BCUT2D eigenvalue weighted by Crippen LogP contribution is 2.54. The fourth-order valence-electron chi connectivity index (χ4n) is 3.80. The van der Waals surface area contributed by atoms with Gasteiger partial charge in [-0.1, -0.05) is 6.07 Å². The van der Waals surface area contributed by atoms with E-state index < -0.39 is 11.6 Å².